The van der Waals surface area contributed by atoms with Crippen LogP contribution in [0.25, 0.3) is 10.9 Å². The second-order valence-electron chi connectivity index (χ2n) is 3.70. The highest BCUT2D eigenvalue weighted by Crippen LogP contribution is 2.27. The molecule has 0 spiro atoms. The van der Waals surface area contributed by atoms with E-state index in [1.54, 1.807) is 12.3 Å². The highest BCUT2D eigenvalue weighted by atomic mass is 16.6. The Morgan fingerprint density at radius 3 is 2.81 bits per heavy atom. The molecule has 0 radical (unpaired) electrons. The number of hydrogen-bond donors (Lipinski definition) is 0. The van der Waals surface area contributed by atoms with Crippen LogP contribution in [0.3, 0.4) is 0 Å². The number of fused-ring (bicyclic) bond motifs is 1. The van der Waals surface area contributed by atoms with Crippen molar-refractivity contribution in [3.63, 3.8) is 0 Å². The van der Waals surface area contributed by atoms with Gasteiger partial charge < -0.3 is 0 Å². The standard InChI is InChI=1S/C12H12N2O2/c1-3-9-8(2)7-13-12-10(9)5-4-6-11(12)14(15)16/h4-7H,3H2,1-2H3. The Bertz CT molecular complexity index is 564. The molecular formula is C12H12N2O2. The summed E-state index contributed by atoms with van der Waals surface area (Å²) in [6.45, 7) is 4.02. The van der Waals surface area contributed by atoms with Gasteiger partial charge in [-0.1, -0.05) is 19.1 Å². The van der Waals surface area contributed by atoms with E-state index in [1.807, 2.05) is 19.9 Å². The van der Waals surface area contributed by atoms with E-state index in [4.69, 9.17) is 0 Å². The zero-order valence-electron chi connectivity index (χ0n) is 9.23. The molecule has 4 nitrogen and oxygen atoms in total. The van der Waals surface area contributed by atoms with Gasteiger partial charge in [-0.2, -0.15) is 0 Å². The van der Waals surface area contributed by atoms with Gasteiger partial charge in [0.1, 0.15) is 5.52 Å². The number of nitro benzene ring substituents is 1. The average molecular weight is 216 g/mol. The molecule has 0 N–H and O–H groups in total. The van der Waals surface area contributed by atoms with Crippen LogP contribution >= 0.6 is 0 Å². The Kier molecular flexibility index (Phi) is 2.56. The number of aryl methyl sites for hydroxylation is 2. The fourth-order valence-electron chi connectivity index (χ4n) is 1.98. The largest absolute Gasteiger partial charge is 0.295 e. The summed E-state index contributed by atoms with van der Waals surface area (Å²) < 4.78 is 0. The maximum Gasteiger partial charge on any atom is 0.295 e. The third-order valence-corrected chi connectivity index (χ3v) is 2.75. The molecule has 0 saturated carbocycles. The lowest BCUT2D eigenvalue weighted by atomic mass is 10.0. The van der Waals surface area contributed by atoms with Crippen molar-refractivity contribution in [1.82, 2.24) is 4.98 Å². The van der Waals surface area contributed by atoms with Crippen LogP contribution in [0.2, 0.25) is 0 Å². The van der Waals surface area contributed by atoms with Crippen LogP contribution in [0.1, 0.15) is 18.1 Å². The first-order chi connectivity index (χ1) is 7.65. The second kappa shape index (κ2) is 3.89. The van der Waals surface area contributed by atoms with Crippen LogP contribution in [-0.4, -0.2) is 9.91 Å². The van der Waals surface area contributed by atoms with Crippen molar-refractivity contribution < 1.29 is 4.92 Å². The van der Waals surface area contributed by atoms with Crippen molar-refractivity contribution in [2.45, 2.75) is 20.3 Å². The molecule has 0 aliphatic rings. The molecule has 0 aliphatic carbocycles. The number of rotatable bonds is 2. The van der Waals surface area contributed by atoms with E-state index in [0.717, 1.165) is 22.9 Å². The van der Waals surface area contributed by atoms with Crippen molar-refractivity contribution >= 4 is 16.6 Å². The fourth-order valence-corrected chi connectivity index (χ4v) is 1.98. The third-order valence-electron chi connectivity index (χ3n) is 2.75. The minimum Gasteiger partial charge on any atom is -0.258 e. The first-order valence-corrected chi connectivity index (χ1v) is 5.16. The van der Waals surface area contributed by atoms with Gasteiger partial charge in [-0.05, 0) is 24.5 Å². The third kappa shape index (κ3) is 1.52. The van der Waals surface area contributed by atoms with Gasteiger partial charge in [0.25, 0.3) is 5.69 Å². The maximum absolute atomic E-state index is 10.9. The molecule has 0 aliphatic heterocycles. The number of benzene rings is 1. The number of nitro groups is 1. The molecule has 0 fully saturated rings. The highest BCUT2D eigenvalue weighted by Gasteiger charge is 2.14. The topological polar surface area (TPSA) is 56.0 Å². The number of hydrogen-bond acceptors (Lipinski definition) is 3. The summed E-state index contributed by atoms with van der Waals surface area (Å²) in [7, 11) is 0. The van der Waals surface area contributed by atoms with Crippen molar-refractivity contribution in [2.75, 3.05) is 0 Å². The van der Waals surface area contributed by atoms with Gasteiger partial charge in [0.05, 0.1) is 4.92 Å². The lowest BCUT2D eigenvalue weighted by molar-refractivity contribution is -0.383. The lowest BCUT2D eigenvalue weighted by Gasteiger charge is -2.07. The molecule has 0 amide bonds. The van der Waals surface area contributed by atoms with E-state index in [9.17, 15) is 10.1 Å². The molecule has 4 heteroatoms. The minimum absolute atomic E-state index is 0.0761. The Morgan fingerprint density at radius 1 is 1.44 bits per heavy atom. The summed E-state index contributed by atoms with van der Waals surface area (Å²) in [4.78, 5) is 14.6. The molecule has 1 aromatic carbocycles. The molecule has 16 heavy (non-hydrogen) atoms. The molecule has 0 bridgehead atoms. The molecule has 82 valence electrons. The lowest BCUT2D eigenvalue weighted by Crippen LogP contribution is -1.96. The van der Waals surface area contributed by atoms with Crippen LogP contribution in [0.15, 0.2) is 24.4 Å². The predicted octanol–water partition coefficient (Wildman–Crippen LogP) is 3.01. The van der Waals surface area contributed by atoms with Crippen molar-refractivity contribution in [3.8, 4) is 0 Å². The highest BCUT2D eigenvalue weighted by molar-refractivity contribution is 5.90. The van der Waals surface area contributed by atoms with Gasteiger partial charge in [0, 0.05) is 17.6 Å². The predicted molar refractivity (Wildman–Crippen MR) is 62.5 cm³/mol. The van der Waals surface area contributed by atoms with Crippen molar-refractivity contribution in [3.05, 3.63) is 45.6 Å². The summed E-state index contributed by atoms with van der Waals surface area (Å²) in [5, 5.41) is 11.8. The number of non-ortho nitro benzene ring substituents is 1. The SMILES string of the molecule is CCc1c(C)cnc2c([N+](=O)[O-])cccc12. The van der Waals surface area contributed by atoms with Gasteiger partial charge in [0.15, 0.2) is 0 Å². The number of aromatic nitrogens is 1. The van der Waals surface area contributed by atoms with Crippen molar-refractivity contribution in [1.29, 1.82) is 0 Å². The Morgan fingerprint density at radius 2 is 2.19 bits per heavy atom. The fraction of sp³-hybridized carbons (Fsp3) is 0.250. The summed E-state index contributed by atoms with van der Waals surface area (Å²) in [5.74, 6) is 0. The summed E-state index contributed by atoms with van der Waals surface area (Å²) in [6, 6.07) is 5.09. The summed E-state index contributed by atoms with van der Waals surface area (Å²) in [5.41, 5.74) is 2.77. The van der Waals surface area contributed by atoms with E-state index in [0.29, 0.717) is 5.52 Å². The number of nitrogens with zero attached hydrogens (tertiary/aromatic N) is 2. The van der Waals surface area contributed by atoms with E-state index in [2.05, 4.69) is 4.98 Å². The minimum atomic E-state index is -0.385. The molecule has 0 unspecified atom stereocenters. The molecule has 0 atom stereocenters. The van der Waals surface area contributed by atoms with Crippen LogP contribution < -0.4 is 0 Å². The van der Waals surface area contributed by atoms with Crippen LogP contribution in [0.4, 0.5) is 5.69 Å². The Balaban J connectivity index is 2.87. The first-order valence-electron chi connectivity index (χ1n) is 5.16. The maximum atomic E-state index is 10.9. The zero-order chi connectivity index (χ0) is 11.7. The number of para-hydroxylation sites is 1. The van der Waals surface area contributed by atoms with Crippen LogP contribution in [-0.2, 0) is 6.42 Å². The summed E-state index contributed by atoms with van der Waals surface area (Å²) >= 11 is 0. The number of pyridine rings is 1. The molecule has 2 rings (SSSR count). The van der Waals surface area contributed by atoms with Gasteiger partial charge in [0.2, 0.25) is 0 Å². The van der Waals surface area contributed by atoms with Gasteiger partial charge in [-0.15, -0.1) is 0 Å². The molecule has 1 aromatic heterocycles. The van der Waals surface area contributed by atoms with E-state index < -0.39 is 0 Å². The van der Waals surface area contributed by atoms with Gasteiger partial charge >= 0.3 is 0 Å². The van der Waals surface area contributed by atoms with Gasteiger partial charge in [-0.3, -0.25) is 10.1 Å². The molecular weight excluding hydrogens is 204 g/mol. The van der Waals surface area contributed by atoms with Crippen LogP contribution in [0.5, 0.6) is 0 Å². The second-order valence-corrected chi connectivity index (χ2v) is 3.70. The molecule has 0 saturated heterocycles. The van der Waals surface area contributed by atoms with E-state index in [1.165, 1.54) is 6.07 Å². The van der Waals surface area contributed by atoms with E-state index in [-0.39, 0.29) is 10.6 Å². The monoisotopic (exact) mass is 216 g/mol. The first kappa shape index (κ1) is 10.5. The molecule has 2 aromatic rings. The van der Waals surface area contributed by atoms with Crippen LogP contribution in [0, 0.1) is 17.0 Å². The average Bonchev–Trinajstić information content (AvgIpc) is 2.27. The Hall–Kier alpha value is -1.97. The van der Waals surface area contributed by atoms with Gasteiger partial charge in [-0.25, -0.2) is 4.98 Å². The summed E-state index contributed by atoms with van der Waals surface area (Å²) in [6.07, 6.45) is 2.56. The normalized spacial score (nSPS) is 10.6. The Labute approximate surface area is 93.1 Å². The van der Waals surface area contributed by atoms with Crippen molar-refractivity contribution in [2.24, 2.45) is 0 Å². The quantitative estimate of drug-likeness (QED) is 0.572. The zero-order valence-corrected chi connectivity index (χ0v) is 9.23. The molecule has 1 heterocycles. The van der Waals surface area contributed by atoms with E-state index >= 15 is 0 Å². The smallest absolute Gasteiger partial charge is 0.258 e.